The molecule has 1 rings (SSSR count). The fourth-order valence-electron chi connectivity index (χ4n) is 1.33. The maximum atomic E-state index is 11.0. The molecule has 0 saturated heterocycles. The molecule has 0 saturated carbocycles. The maximum absolute atomic E-state index is 11.0. The zero-order valence-electron chi connectivity index (χ0n) is 8.74. The normalized spacial score (nSPS) is 13.9. The number of carboxylic acid groups (broad SMARTS) is 1. The first kappa shape index (κ1) is 12.5. The number of hydrogen-bond donors (Lipinski definition) is 2. The Balaban J connectivity index is 2.87. The van der Waals surface area contributed by atoms with Gasteiger partial charge >= 0.3 is 5.97 Å². The summed E-state index contributed by atoms with van der Waals surface area (Å²) in [5, 5.41) is 11.9. The zero-order valence-corrected chi connectivity index (χ0v) is 9.49. The van der Waals surface area contributed by atoms with E-state index in [1.807, 2.05) is 0 Å². The van der Waals surface area contributed by atoms with E-state index in [2.05, 4.69) is 5.32 Å². The van der Waals surface area contributed by atoms with Gasteiger partial charge in [0.25, 0.3) is 0 Å². The minimum atomic E-state index is -1.30. The number of benzene rings is 1. The average molecular weight is 242 g/mol. The molecule has 1 atom stereocenters. The minimum absolute atomic E-state index is 0.207. The molecule has 1 amide bonds. The smallest absolute Gasteiger partial charge is 0.329 e. The van der Waals surface area contributed by atoms with E-state index in [4.69, 9.17) is 16.7 Å². The van der Waals surface area contributed by atoms with Gasteiger partial charge in [-0.15, -0.1) is 0 Å². The van der Waals surface area contributed by atoms with Crippen molar-refractivity contribution in [1.82, 2.24) is 5.32 Å². The molecule has 0 heterocycles. The fraction of sp³-hybridized carbons (Fsp3) is 0.273. The third kappa shape index (κ3) is 2.97. The maximum Gasteiger partial charge on any atom is 0.329 e. The lowest BCUT2D eigenvalue weighted by Crippen LogP contribution is -2.50. The Morgan fingerprint density at radius 2 is 2.06 bits per heavy atom. The van der Waals surface area contributed by atoms with Crippen LogP contribution in [-0.4, -0.2) is 23.0 Å². The lowest BCUT2D eigenvalue weighted by molar-refractivity contribution is -0.145. The number of aliphatic carboxylic acids is 1. The van der Waals surface area contributed by atoms with Crippen molar-refractivity contribution in [2.75, 3.05) is 0 Å². The van der Waals surface area contributed by atoms with Crippen LogP contribution in [0.1, 0.15) is 12.5 Å². The Morgan fingerprint density at radius 3 is 2.50 bits per heavy atom. The standard InChI is InChI=1S/C11H12ClNO3/c1-11(10(15)16,13-7-14)6-8-2-4-9(12)5-3-8/h2-5,7H,6H2,1H3,(H,13,14)(H,15,16). The summed E-state index contributed by atoms with van der Waals surface area (Å²) < 4.78 is 0. The molecule has 5 heteroatoms. The van der Waals surface area contributed by atoms with Crippen LogP contribution >= 0.6 is 11.6 Å². The molecule has 0 bridgehead atoms. The van der Waals surface area contributed by atoms with Crippen LogP contribution in [0.5, 0.6) is 0 Å². The van der Waals surface area contributed by atoms with Crippen LogP contribution in [0.2, 0.25) is 5.02 Å². The van der Waals surface area contributed by atoms with E-state index < -0.39 is 11.5 Å². The predicted molar refractivity (Wildman–Crippen MR) is 60.4 cm³/mol. The quantitative estimate of drug-likeness (QED) is 0.768. The van der Waals surface area contributed by atoms with Gasteiger partial charge in [0.15, 0.2) is 0 Å². The lowest BCUT2D eigenvalue weighted by Gasteiger charge is -2.23. The molecule has 0 radical (unpaired) electrons. The third-order valence-electron chi connectivity index (χ3n) is 2.32. The summed E-state index contributed by atoms with van der Waals surface area (Å²) in [5.74, 6) is -1.07. The Hall–Kier alpha value is -1.55. The molecule has 1 aromatic rings. The van der Waals surface area contributed by atoms with E-state index in [1.165, 1.54) is 6.92 Å². The second-order valence-corrected chi connectivity index (χ2v) is 4.14. The minimum Gasteiger partial charge on any atom is -0.480 e. The number of halogens is 1. The van der Waals surface area contributed by atoms with Crippen LogP contribution in [0, 0.1) is 0 Å². The van der Waals surface area contributed by atoms with E-state index in [0.29, 0.717) is 11.4 Å². The van der Waals surface area contributed by atoms with Crippen molar-refractivity contribution in [3.05, 3.63) is 34.9 Å². The highest BCUT2D eigenvalue weighted by Crippen LogP contribution is 2.16. The second kappa shape index (κ2) is 4.99. The number of amides is 1. The van der Waals surface area contributed by atoms with Gasteiger partial charge in [-0.3, -0.25) is 4.79 Å². The van der Waals surface area contributed by atoms with E-state index in [9.17, 15) is 9.59 Å². The van der Waals surface area contributed by atoms with Crippen molar-refractivity contribution in [1.29, 1.82) is 0 Å². The molecule has 0 fully saturated rings. The number of carbonyl (C=O) groups is 2. The topological polar surface area (TPSA) is 66.4 Å². The highest BCUT2D eigenvalue weighted by atomic mass is 35.5. The summed E-state index contributed by atoms with van der Waals surface area (Å²) in [6, 6.07) is 6.83. The molecule has 0 aliphatic carbocycles. The molecule has 0 aliphatic rings. The molecule has 0 spiro atoms. The molecule has 4 nitrogen and oxygen atoms in total. The van der Waals surface area contributed by atoms with Gasteiger partial charge in [0.2, 0.25) is 6.41 Å². The summed E-state index contributed by atoms with van der Waals surface area (Å²) in [6.45, 7) is 1.46. The molecule has 86 valence electrons. The molecule has 1 unspecified atom stereocenters. The third-order valence-corrected chi connectivity index (χ3v) is 2.57. The number of hydrogen-bond acceptors (Lipinski definition) is 2. The SMILES string of the molecule is CC(Cc1ccc(Cl)cc1)(NC=O)C(=O)O. The van der Waals surface area contributed by atoms with E-state index in [-0.39, 0.29) is 6.42 Å². The van der Waals surface area contributed by atoms with Gasteiger partial charge in [0.1, 0.15) is 5.54 Å². The van der Waals surface area contributed by atoms with Gasteiger partial charge in [-0.2, -0.15) is 0 Å². The van der Waals surface area contributed by atoms with Crippen LogP contribution in [0.3, 0.4) is 0 Å². The fourth-order valence-corrected chi connectivity index (χ4v) is 1.45. The van der Waals surface area contributed by atoms with Crippen LogP contribution in [0.4, 0.5) is 0 Å². The van der Waals surface area contributed by atoms with Crippen molar-refractivity contribution in [2.45, 2.75) is 18.9 Å². The van der Waals surface area contributed by atoms with E-state index in [0.717, 1.165) is 5.56 Å². The summed E-state index contributed by atoms with van der Waals surface area (Å²) in [4.78, 5) is 21.4. The first-order valence-corrected chi connectivity index (χ1v) is 5.05. The summed E-state index contributed by atoms with van der Waals surface area (Å²) in [7, 11) is 0. The van der Waals surface area contributed by atoms with Crippen LogP contribution < -0.4 is 5.32 Å². The lowest BCUT2D eigenvalue weighted by atomic mass is 9.93. The highest BCUT2D eigenvalue weighted by molar-refractivity contribution is 6.30. The second-order valence-electron chi connectivity index (χ2n) is 3.70. The summed E-state index contributed by atoms with van der Waals surface area (Å²) >= 11 is 5.72. The van der Waals surface area contributed by atoms with Crippen molar-refractivity contribution >= 4 is 24.0 Å². The van der Waals surface area contributed by atoms with Gasteiger partial charge < -0.3 is 10.4 Å². The highest BCUT2D eigenvalue weighted by Gasteiger charge is 2.32. The number of carbonyl (C=O) groups excluding carboxylic acids is 1. The van der Waals surface area contributed by atoms with Gasteiger partial charge in [-0.1, -0.05) is 23.7 Å². The van der Waals surface area contributed by atoms with E-state index >= 15 is 0 Å². The molecular formula is C11H12ClNO3. The zero-order chi connectivity index (χ0) is 12.2. The predicted octanol–water partition coefficient (Wildman–Crippen LogP) is 1.47. The molecule has 2 N–H and O–H groups in total. The van der Waals surface area contributed by atoms with Crippen molar-refractivity contribution in [3.8, 4) is 0 Å². The van der Waals surface area contributed by atoms with Crippen LogP contribution in [0.15, 0.2) is 24.3 Å². The number of rotatable bonds is 5. The summed E-state index contributed by atoms with van der Waals surface area (Å²) in [6.07, 6.45) is 0.599. The Bertz CT molecular complexity index is 391. The van der Waals surface area contributed by atoms with Crippen molar-refractivity contribution in [3.63, 3.8) is 0 Å². The monoisotopic (exact) mass is 241 g/mol. The van der Waals surface area contributed by atoms with Crippen LogP contribution in [-0.2, 0) is 16.0 Å². The van der Waals surface area contributed by atoms with Gasteiger partial charge in [-0.05, 0) is 24.6 Å². The van der Waals surface area contributed by atoms with Gasteiger partial charge in [0.05, 0.1) is 0 Å². The first-order valence-electron chi connectivity index (χ1n) is 4.67. The molecule has 0 aliphatic heterocycles. The molecule has 16 heavy (non-hydrogen) atoms. The van der Waals surface area contributed by atoms with Gasteiger partial charge in [0, 0.05) is 11.4 Å². The Kier molecular flexibility index (Phi) is 3.90. The molecular weight excluding hydrogens is 230 g/mol. The Morgan fingerprint density at radius 1 is 1.50 bits per heavy atom. The van der Waals surface area contributed by atoms with E-state index in [1.54, 1.807) is 24.3 Å². The molecule has 1 aromatic carbocycles. The van der Waals surface area contributed by atoms with Gasteiger partial charge in [-0.25, -0.2) is 4.79 Å². The number of nitrogens with one attached hydrogen (secondary N) is 1. The molecule has 0 aromatic heterocycles. The summed E-state index contributed by atoms with van der Waals surface area (Å²) in [5.41, 5.74) is -0.501. The average Bonchev–Trinajstić information content (AvgIpc) is 2.22. The largest absolute Gasteiger partial charge is 0.480 e. The number of carboxylic acids is 1. The Labute approximate surface area is 98.2 Å². The first-order chi connectivity index (χ1) is 7.48. The van der Waals surface area contributed by atoms with Crippen molar-refractivity contribution in [2.24, 2.45) is 0 Å². The van der Waals surface area contributed by atoms with Crippen molar-refractivity contribution < 1.29 is 14.7 Å². The van der Waals surface area contributed by atoms with Crippen LogP contribution in [0.25, 0.3) is 0 Å².